The lowest BCUT2D eigenvalue weighted by Gasteiger charge is -2.15. The first kappa shape index (κ1) is 15.8. The second-order valence-electron chi connectivity index (χ2n) is 4.81. The van der Waals surface area contributed by atoms with E-state index in [1.807, 2.05) is 0 Å². The van der Waals surface area contributed by atoms with Crippen LogP contribution in [0.25, 0.3) is 0 Å². The van der Waals surface area contributed by atoms with Gasteiger partial charge in [0.15, 0.2) is 0 Å². The molecule has 2 aromatic rings. The van der Waals surface area contributed by atoms with Crippen molar-refractivity contribution in [3.8, 4) is 0 Å². The number of hydrogen-bond acceptors (Lipinski definition) is 4. The van der Waals surface area contributed by atoms with Crippen molar-refractivity contribution >= 4 is 11.4 Å². The highest BCUT2D eigenvalue weighted by Crippen LogP contribution is 2.27. The minimum Gasteiger partial charge on any atom is -0.386 e. The summed E-state index contributed by atoms with van der Waals surface area (Å²) in [6.45, 7) is 1.45. The summed E-state index contributed by atoms with van der Waals surface area (Å²) in [6.07, 6.45) is -1.47. The van der Waals surface area contributed by atoms with Gasteiger partial charge in [0.25, 0.3) is 5.69 Å². The van der Waals surface area contributed by atoms with E-state index in [2.05, 4.69) is 5.32 Å². The number of nitrogens with one attached hydrogen (secondary N) is 1. The van der Waals surface area contributed by atoms with Crippen molar-refractivity contribution in [2.24, 2.45) is 0 Å². The van der Waals surface area contributed by atoms with E-state index in [1.54, 1.807) is 13.0 Å². The predicted molar refractivity (Wildman–Crippen MR) is 77.6 cm³/mol. The van der Waals surface area contributed by atoms with Crippen LogP contribution in [0.1, 0.15) is 17.2 Å². The van der Waals surface area contributed by atoms with Crippen LogP contribution >= 0.6 is 0 Å². The van der Waals surface area contributed by atoms with Gasteiger partial charge in [-0.15, -0.1) is 0 Å². The maximum absolute atomic E-state index is 13.6. The molecule has 0 amide bonds. The molecule has 2 N–H and O–H groups in total. The molecule has 0 fully saturated rings. The molecule has 0 spiro atoms. The van der Waals surface area contributed by atoms with Gasteiger partial charge in [0.05, 0.1) is 10.5 Å². The molecule has 0 saturated heterocycles. The molecule has 0 aliphatic rings. The van der Waals surface area contributed by atoms with Crippen molar-refractivity contribution in [1.82, 2.24) is 0 Å². The fourth-order valence-electron chi connectivity index (χ4n) is 2.08. The smallest absolute Gasteiger partial charge is 0.292 e. The van der Waals surface area contributed by atoms with Gasteiger partial charge in [-0.05, 0) is 30.7 Å². The zero-order chi connectivity index (χ0) is 16.3. The summed E-state index contributed by atoms with van der Waals surface area (Å²) in [5.41, 5.74) is 0.246. The second kappa shape index (κ2) is 6.48. The number of nitro benzene ring substituents is 1. The van der Waals surface area contributed by atoms with Gasteiger partial charge in [0.2, 0.25) is 0 Å². The number of aliphatic hydroxyl groups excluding tert-OH is 1. The molecule has 22 heavy (non-hydrogen) atoms. The molecule has 2 rings (SSSR count). The third kappa shape index (κ3) is 3.37. The van der Waals surface area contributed by atoms with Crippen LogP contribution in [0.4, 0.5) is 20.2 Å². The first-order chi connectivity index (χ1) is 10.4. The minimum atomic E-state index is -1.47. The third-order valence-corrected chi connectivity index (χ3v) is 3.17. The summed E-state index contributed by atoms with van der Waals surface area (Å²) in [5.74, 6) is -1.74. The number of anilines is 1. The minimum absolute atomic E-state index is 0.166. The number of nitrogens with zero attached hydrogens (tertiary/aromatic N) is 1. The number of halogens is 2. The monoisotopic (exact) mass is 308 g/mol. The molecule has 0 saturated carbocycles. The van der Waals surface area contributed by atoms with Crippen molar-refractivity contribution in [2.45, 2.75) is 13.0 Å². The molecule has 0 bridgehead atoms. The number of benzene rings is 2. The van der Waals surface area contributed by atoms with E-state index in [-0.39, 0.29) is 17.9 Å². The molecule has 1 unspecified atom stereocenters. The second-order valence-corrected chi connectivity index (χ2v) is 4.81. The molecule has 2 aromatic carbocycles. The lowest BCUT2D eigenvalue weighted by Crippen LogP contribution is -2.15. The lowest BCUT2D eigenvalue weighted by molar-refractivity contribution is -0.384. The Balaban J connectivity index is 2.18. The summed E-state index contributed by atoms with van der Waals surface area (Å²) < 4.78 is 27.1. The van der Waals surface area contributed by atoms with Crippen LogP contribution in [-0.4, -0.2) is 16.6 Å². The highest BCUT2D eigenvalue weighted by atomic mass is 19.1. The van der Waals surface area contributed by atoms with E-state index in [1.165, 1.54) is 18.2 Å². The number of rotatable bonds is 5. The maximum Gasteiger partial charge on any atom is 0.292 e. The van der Waals surface area contributed by atoms with Crippen LogP contribution in [0.5, 0.6) is 0 Å². The average molecular weight is 308 g/mol. The van der Waals surface area contributed by atoms with Crippen LogP contribution in [-0.2, 0) is 0 Å². The molecule has 0 aliphatic carbocycles. The van der Waals surface area contributed by atoms with Gasteiger partial charge < -0.3 is 10.4 Å². The van der Waals surface area contributed by atoms with E-state index in [9.17, 15) is 24.0 Å². The van der Waals surface area contributed by atoms with Gasteiger partial charge >= 0.3 is 0 Å². The third-order valence-electron chi connectivity index (χ3n) is 3.17. The molecular weight excluding hydrogens is 294 g/mol. The van der Waals surface area contributed by atoms with Crippen molar-refractivity contribution in [1.29, 1.82) is 0 Å². The molecule has 0 heterocycles. The van der Waals surface area contributed by atoms with Crippen LogP contribution in [0.3, 0.4) is 0 Å². The Hall–Kier alpha value is -2.54. The Kier molecular flexibility index (Phi) is 4.67. The predicted octanol–water partition coefficient (Wildman–Crippen LogP) is 3.33. The molecule has 0 aromatic heterocycles. The van der Waals surface area contributed by atoms with Crippen molar-refractivity contribution in [2.75, 3.05) is 11.9 Å². The van der Waals surface area contributed by atoms with Crippen LogP contribution in [0.2, 0.25) is 0 Å². The van der Waals surface area contributed by atoms with E-state index < -0.39 is 28.2 Å². The van der Waals surface area contributed by atoms with Gasteiger partial charge in [-0.2, -0.15) is 0 Å². The number of nitro groups is 1. The fourth-order valence-corrected chi connectivity index (χ4v) is 2.08. The van der Waals surface area contributed by atoms with Gasteiger partial charge in [-0.3, -0.25) is 10.1 Å². The molecule has 5 nitrogen and oxygen atoms in total. The van der Waals surface area contributed by atoms with Gasteiger partial charge in [-0.25, -0.2) is 8.78 Å². The Morgan fingerprint density at radius 2 is 1.91 bits per heavy atom. The van der Waals surface area contributed by atoms with Gasteiger partial charge in [0, 0.05) is 12.6 Å². The number of aryl methyl sites for hydroxylation is 1. The van der Waals surface area contributed by atoms with Gasteiger partial charge in [0.1, 0.15) is 23.4 Å². The summed E-state index contributed by atoms with van der Waals surface area (Å²) in [4.78, 5) is 10.4. The molecule has 7 heteroatoms. The van der Waals surface area contributed by atoms with E-state index in [0.29, 0.717) is 5.56 Å². The first-order valence-corrected chi connectivity index (χ1v) is 6.51. The Morgan fingerprint density at radius 3 is 2.50 bits per heavy atom. The van der Waals surface area contributed by atoms with Crippen molar-refractivity contribution < 1.29 is 18.8 Å². The highest BCUT2D eigenvalue weighted by Gasteiger charge is 2.19. The summed E-state index contributed by atoms with van der Waals surface area (Å²) >= 11 is 0. The Bertz CT molecular complexity index is 687. The SMILES string of the molecule is Cc1ccc(NCC(O)c2c(F)cccc2F)c([N+](=O)[O-])c1. The largest absolute Gasteiger partial charge is 0.386 e. The standard InChI is InChI=1S/C15H14F2N2O3/c1-9-5-6-12(13(7-9)19(21)22)18-8-14(20)15-10(16)3-2-4-11(15)17/h2-7,14,18,20H,8H2,1H3. The quantitative estimate of drug-likeness (QED) is 0.656. The Labute approximate surface area is 125 Å². The molecule has 1 atom stereocenters. The maximum atomic E-state index is 13.6. The lowest BCUT2D eigenvalue weighted by atomic mass is 10.1. The zero-order valence-corrected chi connectivity index (χ0v) is 11.7. The summed E-state index contributed by atoms with van der Waals surface area (Å²) in [5, 5.41) is 23.5. The number of hydrogen-bond donors (Lipinski definition) is 2. The normalized spacial score (nSPS) is 12.0. The van der Waals surface area contributed by atoms with Crippen LogP contribution in [0.15, 0.2) is 36.4 Å². The van der Waals surface area contributed by atoms with E-state index in [4.69, 9.17) is 0 Å². The highest BCUT2D eigenvalue weighted by molar-refractivity contribution is 5.62. The molecule has 116 valence electrons. The van der Waals surface area contributed by atoms with Crippen molar-refractivity contribution in [3.63, 3.8) is 0 Å². The average Bonchev–Trinajstić information content (AvgIpc) is 2.45. The van der Waals surface area contributed by atoms with Crippen LogP contribution in [0, 0.1) is 28.7 Å². The zero-order valence-electron chi connectivity index (χ0n) is 11.7. The van der Waals surface area contributed by atoms with Crippen LogP contribution < -0.4 is 5.32 Å². The topological polar surface area (TPSA) is 75.4 Å². The molecule has 0 radical (unpaired) electrons. The fraction of sp³-hybridized carbons (Fsp3) is 0.200. The summed E-state index contributed by atoms with van der Waals surface area (Å²) in [7, 11) is 0. The van der Waals surface area contributed by atoms with E-state index >= 15 is 0 Å². The number of aliphatic hydroxyl groups is 1. The first-order valence-electron chi connectivity index (χ1n) is 6.51. The molecule has 0 aliphatic heterocycles. The molecular formula is C15H14F2N2O3. The van der Waals surface area contributed by atoms with Crippen molar-refractivity contribution in [3.05, 3.63) is 69.3 Å². The summed E-state index contributed by atoms with van der Waals surface area (Å²) in [6, 6.07) is 7.78. The van der Waals surface area contributed by atoms with Gasteiger partial charge in [-0.1, -0.05) is 12.1 Å². The van der Waals surface area contributed by atoms with E-state index in [0.717, 1.165) is 12.1 Å². The Morgan fingerprint density at radius 1 is 1.27 bits per heavy atom.